The predicted molar refractivity (Wildman–Crippen MR) is 68.8 cm³/mol. The zero-order valence-corrected chi connectivity index (χ0v) is 11.4. The number of alkyl halides is 3. The lowest BCUT2D eigenvalue weighted by molar-refractivity contribution is -0.140. The molecule has 1 heterocycles. The number of aromatic nitrogens is 1. The lowest BCUT2D eigenvalue weighted by Crippen LogP contribution is -2.14. The topological polar surface area (TPSA) is 24.9 Å². The molecular formula is C13H12F4N2S. The van der Waals surface area contributed by atoms with Gasteiger partial charge in [-0.2, -0.15) is 13.2 Å². The molecule has 2 nitrogen and oxygen atoms in total. The van der Waals surface area contributed by atoms with Crippen LogP contribution < -0.4 is 5.32 Å². The van der Waals surface area contributed by atoms with Crippen LogP contribution in [-0.4, -0.2) is 4.98 Å². The van der Waals surface area contributed by atoms with Crippen LogP contribution in [0.2, 0.25) is 0 Å². The van der Waals surface area contributed by atoms with Crippen molar-refractivity contribution in [3.05, 3.63) is 51.2 Å². The lowest BCUT2D eigenvalue weighted by atomic mass is 10.1. The number of rotatable bonds is 4. The van der Waals surface area contributed by atoms with E-state index in [4.69, 9.17) is 0 Å². The van der Waals surface area contributed by atoms with Crippen molar-refractivity contribution in [3.8, 4) is 0 Å². The lowest BCUT2D eigenvalue weighted by Gasteiger charge is -2.10. The van der Waals surface area contributed by atoms with Gasteiger partial charge in [0.2, 0.25) is 0 Å². The van der Waals surface area contributed by atoms with Gasteiger partial charge in [0.25, 0.3) is 0 Å². The average molecular weight is 304 g/mol. The van der Waals surface area contributed by atoms with Gasteiger partial charge in [-0.05, 0) is 24.6 Å². The number of hydrogen-bond donors (Lipinski definition) is 1. The van der Waals surface area contributed by atoms with Gasteiger partial charge in [0.1, 0.15) is 5.82 Å². The van der Waals surface area contributed by atoms with Gasteiger partial charge in [-0.1, -0.05) is 6.07 Å². The Labute approximate surface area is 117 Å². The fraction of sp³-hybridized carbons (Fsp3) is 0.308. The standard InChI is InChI=1S/C13H12F4N2S/c1-8-19-7-10(20-8)6-18-5-9-2-3-12(14)11(4-9)13(15,16)17/h2-4,7,18H,5-6H2,1H3. The second kappa shape index (κ2) is 5.88. The minimum atomic E-state index is -4.67. The summed E-state index contributed by atoms with van der Waals surface area (Å²) in [5.74, 6) is -1.25. The number of halogens is 4. The zero-order valence-electron chi connectivity index (χ0n) is 10.6. The Morgan fingerprint density at radius 1 is 1.25 bits per heavy atom. The molecular weight excluding hydrogens is 292 g/mol. The summed E-state index contributed by atoms with van der Waals surface area (Å²) < 4.78 is 50.8. The van der Waals surface area contributed by atoms with Crippen LogP contribution >= 0.6 is 11.3 Å². The van der Waals surface area contributed by atoms with E-state index in [1.807, 2.05) is 6.92 Å². The molecule has 0 aliphatic carbocycles. The smallest absolute Gasteiger partial charge is 0.308 e. The van der Waals surface area contributed by atoms with E-state index < -0.39 is 17.6 Å². The third-order valence-corrected chi connectivity index (χ3v) is 3.55. The maximum absolute atomic E-state index is 13.1. The summed E-state index contributed by atoms with van der Waals surface area (Å²) in [6.45, 7) is 2.63. The zero-order chi connectivity index (χ0) is 14.8. The first-order valence-corrected chi connectivity index (χ1v) is 6.65. The van der Waals surface area contributed by atoms with Gasteiger partial charge in [0, 0.05) is 24.2 Å². The molecule has 0 fully saturated rings. The van der Waals surface area contributed by atoms with Crippen LogP contribution in [0.5, 0.6) is 0 Å². The monoisotopic (exact) mass is 304 g/mol. The molecule has 1 aromatic heterocycles. The van der Waals surface area contributed by atoms with Crippen LogP contribution in [0, 0.1) is 12.7 Å². The van der Waals surface area contributed by atoms with Crippen molar-refractivity contribution in [2.45, 2.75) is 26.2 Å². The predicted octanol–water partition coefficient (Wildman–Crippen LogP) is 3.90. The van der Waals surface area contributed by atoms with Crippen molar-refractivity contribution < 1.29 is 17.6 Å². The van der Waals surface area contributed by atoms with Gasteiger partial charge in [-0.25, -0.2) is 9.37 Å². The van der Waals surface area contributed by atoms with Crippen molar-refractivity contribution in [2.75, 3.05) is 0 Å². The first-order valence-electron chi connectivity index (χ1n) is 5.84. The van der Waals surface area contributed by atoms with Crippen LogP contribution in [-0.2, 0) is 19.3 Å². The first kappa shape index (κ1) is 14.9. The Balaban J connectivity index is 2.00. The first-order chi connectivity index (χ1) is 9.36. The molecule has 0 atom stereocenters. The van der Waals surface area contributed by atoms with E-state index in [-0.39, 0.29) is 6.54 Å². The summed E-state index contributed by atoms with van der Waals surface area (Å²) in [5, 5.41) is 3.94. The van der Waals surface area contributed by atoms with Gasteiger partial charge in [0.15, 0.2) is 0 Å². The van der Waals surface area contributed by atoms with Crippen molar-refractivity contribution in [1.82, 2.24) is 10.3 Å². The molecule has 0 aliphatic heterocycles. The Kier molecular flexibility index (Phi) is 4.39. The summed E-state index contributed by atoms with van der Waals surface area (Å²) in [7, 11) is 0. The number of hydrogen-bond acceptors (Lipinski definition) is 3. The van der Waals surface area contributed by atoms with Gasteiger partial charge in [0.05, 0.1) is 10.6 Å². The summed E-state index contributed by atoms with van der Waals surface area (Å²) in [6, 6.07) is 3.02. The summed E-state index contributed by atoms with van der Waals surface area (Å²) in [6.07, 6.45) is -2.95. The second-order valence-electron chi connectivity index (χ2n) is 4.26. The van der Waals surface area contributed by atoms with Crippen molar-refractivity contribution in [2.24, 2.45) is 0 Å². The van der Waals surface area contributed by atoms with E-state index in [0.29, 0.717) is 12.1 Å². The molecule has 0 amide bonds. The maximum atomic E-state index is 13.1. The molecule has 0 aliphatic rings. The third kappa shape index (κ3) is 3.77. The molecule has 2 aromatic rings. The van der Waals surface area contributed by atoms with Crippen molar-refractivity contribution in [3.63, 3.8) is 0 Å². The summed E-state index contributed by atoms with van der Waals surface area (Å²) >= 11 is 1.52. The SMILES string of the molecule is Cc1ncc(CNCc2ccc(F)c(C(F)(F)F)c2)s1. The van der Waals surface area contributed by atoms with Gasteiger partial charge < -0.3 is 5.32 Å². The Hall–Kier alpha value is -1.47. The number of aryl methyl sites for hydroxylation is 1. The van der Waals surface area contributed by atoms with E-state index in [0.717, 1.165) is 22.0 Å². The average Bonchev–Trinajstić information content (AvgIpc) is 2.76. The maximum Gasteiger partial charge on any atom is 0.419 e. The number of nitrogens with one attached hydrogen (secondary N) is 1. The minimum absolute atomic E-state index is 0.236. The highest BCUT2D eigenvalue weighted by atomic mass is 32.1. The van der Waals surface area contributed by atoms with E-state index in [1.165, 1.54) is 17.4 Å². The Morgan fingerprint density at radius 3 is 2.60 bits per heavy atom. The van der Waals surface area contributed by atoms with Crippen LogP contribution in [0.1, 0.15) is 21.0 Å². The molecule has 0 unspecified atom stereocenters. The summed E-state index contributed by atoms with van der Waals surface area (Å²) in [4.78, 5) is 5.08. The Bertz CT molecular complexity index is 592. The minimum Gasteiger partial charge on any atom is -0.308 e. The van der Waals surface area contributed by atoms with Gasteiger partial charge in [-0.15, -0.1) is 11.3 Å². The molecule has 1 aromatic carbocycles. The quantitative estimate of drug-likeness (QED) is 0.867. The molecule has 0 spiro atoms. The fourth-order valence-electron chi connectivity index (χ4n) is 1.72. The molecule has 0 saturated carbocycles. The van der Waals surface area contributed by atoms with Crippen LogP contribution in [0.15, 0.2) is 24.4 Å². The van der Waals surface area contributed by atoms with E-state index >= 15 is 0 Å². The molecule has 2 rings (SSSR count). The molecule has 0 radical (unpaired) electrons. The molecule has 0 bridgehead atoms. The highest BCUT2D eigenvalue weighted by Gasteiger charge is 2.34. The number of thiazole rings is 1. The third-order valence-electron chi connectivity index (χ3n) is 2.63. The largest absolute Gasteiger partial charge is 0.419 e. The highest BCUT2D eigenvalue weighted by molar-refractivity contribution is 7.11. The van der Waals surface area contributed by atoms with E-state index in [9.17, 15) is 17.6 Å². The highest BCUT2D eigenvalue weighted by Crippen LogP contribution is 2.31. The molecule has 7 heteroatoms. The van der Waals surface area contributed by atoms with Crippen molar-refractivity contribution >= 4 is 11.3 Å². The fourth-order valence-corrected chi connectivity index (χ4v) is 2.48. The molecule has 1 N–H and O–H groups in total. The molecule has 0 saturated heterocycles. The second-order valence-corrected chi connectivity index (χ2v) is 5.58. The van der Waals surface area contributed by atoms with Gasteiger partial charge >= 0.3 is 6.18 Å². The Morgan fingerprint density at radius 2 is 2.00 bits per heavy atom. The van der Waals surface area contributed by atoms with Crippen LogP contribution in [0.3, 0.4) is 0 Å². The van der Waals surface area contributed by atoms with E-state index in [1.54, 1.807) is 6.20 Å². The van der Waals surface area contributed by atoms with Gasteiger partial charge in [-0.3, -0.25) is 0 Å². The van der Waals surface area contributed by atoms with E-state index in [2.05, 4.69) is 10.3 Å². The number of nitrogens with zero attached hydrogens (tertiary/aromatic N) is 1. The van der Waals surface area contributed by atoms with Crippen molar-refractivity contribution in [1.29, 1.82) is 0 Å². The number of benzene rings is 1. The normalized spacial score (nSPS) is 11.8. The van der Waals surface area contributed by atoms with Crippen LogP contribution in [0.4, 0.5) is 17.6 Å². The molecule has 108 valence electrons. The molecule has 20 heavy (non-hydrogen) atoms. The van der Waals surface area contributed by atoms with Crippen LogP contribution in [0.25, 0.3) is 0 Å². The summed E-state index contributed by atoms with van der Waals surface area (Å²) in [5.41, 5.74) is -0.842.